The third-order valence-corrected chi connectivity index (χ3v) is 3.94. The van der Waals surface area contributed by atoms with E-state index in [1.807, 2.05) is 11.8 Å². The van der Waals surface area contributed by atoms with Crippen LogP contribution in [0.2, 0.25) is 0 Å². The number of carboxylic acids is 1. The summed E-state index contributed by atoms with van der Waals surface area (Å²) in [5.74, 6) is -0.224. The van der Waals surface area contributed by atoms with Gasteiger partial charge in [0.05, 0.1) is 6.61 Å². The van der Waals surface area contributed by atoms with Crippen molar-refractivity contribution in [1.29, 1.82) is 0 Å². The van der Waals surface area contributed by atoms with E-state index in [0.717, 1.165) is 5.75 Å². The maximum atomic E-state index is 12.0. The SMILES string of the molecule is COCC(NC(=O)N1CCSC(C)(C)C1)C(=O)O. The van der Waals surface area contributed by atoms with Crippen LogP contribution in [0.3, 0.4) is 0 Å². The van der Waals surface area contributed by atoms with Crippen LogP contribution < -0.4 is 5.32 Å². The fourth-order valence-electron chi connectivity index (χ4n) is 1.77. The number of nitrogens with one attached hydrogen (secondary N) is 1. The summed E-state index contributed by atoms with van der Waals surface area (Å²) in [5.41, 5.74) is 0. The molecule has 0 aromatic rings. The van der Waals surface area contributed by atoms with E-state index in [4.69, 9.17) is 9.84 Å². The summed E-state index contributed by atoms with van der Waals surface area (Å²) in [6.45, 7) is 5.36. The number of aliphatic carboxylic acids is 1. The van der Waals surface area contributed by atoms with Gasteiger partial charge in [0.2, 0.25) is 0 Å². The summed E-state index contributed by atoms with van der Waals surface area (Å²) in [5, 5.41) is 11.4. The number of carbonyl (C=O) groups excluding carboxylic acids is 1. The van der Waals surface area contributed by atoms with E-state index < -0.39 is 12.0 Å². The molecule has 1 atom stereocenters. The van der Waals surface area contributed by atoms with E-state index in [2.05, 4.69) is 19.2 Å². The third kappa shape index (κ3) is 4.38. The highest BCUT2D eigenvalue weighted by molar-refractivity contribution is 8.00. The lowest BCUT2D eigenvalue weighted by atomic mass is 10.2. The van der Waals surface area contributed by atoms with Crippen LogP contribution in [0, 0.1) is 0 Å². The molecule has 0 radical (unpaired) electrons. The molecule has 1 rings (SSSR count). The molecule has 1 unspecified atom stereocenters. The summed E-state index contributed by atoms with van der Waals surface area (Å²) >= 11 is 1.81. The van der Waals surface area contributed by atoms with E-state index in [0.29, 0.717) is 13.1 Å². The number of hydrogen-bond acceptors (Lipinski definition) is 4. The zero-order valence-electron chi connectivity index (χ0n) is 10.9. The molecule has 6 nitrogen and oxygen atoms in total. The number of ether oxygens (including phenoxy) is 1. The molecule has 0 spiro atoms. The molecule has 0 aromatic heterocycles. The average molecular weight is 276 g/mol. The Labute approximate surface area is 111 Å². The van der Waals surface area contributed by atoms with Gasteiger partial charge in [0.1, 0.15) is 0 Å². The first kappa shape index (κ1) is 15.1. The Kier molecular flexibility index (Phi) is 5.28. The second-order valence-electron chi connectivity index (χ2n) is 4.83. The van der Waals surface area contributed by atoms with Gasteiger partial charge in [-0.1, -0.05) is 0 Å². The molecular weight excluding hydrogens is 256 g/mol. The van der Waals surface area contributed by atoms with Gasteiger partial charge in [-0.25, -0.2) is 9.59 Å². The van der Waals surface area contributed by atoms with Crippen molar-refractivity contribution in [2.45, 2.75) is 24.6 Å². The first-order valence-electron chi connectivity index (χ1n) is 5.77. The quantitative estimate of drug-likeness (QED) is 0.787. The second kappa shape index (κ2) is 6.29. The number of hydrogen-bond donors (Lipinski definition) is 2. The van der Waals surface area contributed by atoms with Crippen molar-refractivity contribution < 1.29 is 19.4 Å². The Hall–Kier alpha value is -0.950. The lowest BCUT2D eigenvalue weighted by Gasteiger charge is -2.37. The highest BCUT2D eigenvalue weighted by Gasteiger charge is 2.31. The fraction of sp³-hybridized carbons (Fsp3) is 0.818. The molecule has 1 saturated heterocycles. The van der Waals surface area contributed by atoms with Gasteiger partial charge in [-0.15, -0.1) is 0 Å². The number of rotatable bonds is 4. The first-order valence-corrected chi connectivity index (χ1v) is 6.75. The number of amides is 2. The largest absolute Gasteiger partial charge is 0.480 e. The Balaban J connectivity index is 2.55. The Bertz CT molecular complexity index is 322. The maximum Gasteiger partial charge on any atom is 0.328 e. The van der Waals surface area contributed by atoms with Gasteiger partial charge in [-0.3, -0.25) is 0 Å². The van der Waals surface area contributed by atoms with Gasteiger partial charge in [-0.05, 0) is 13.8 Å². The molecule has 7 heteroatoms. The molecular formula is C11H20N2O4S. The van der Waals surface area contributed by atoms with E-state index in [1.165, 1.54) is 7.11 Å². The molecule has 1 aliphatic heterocycles. The highest BCUT2D eigenvalue weighted by Crippen LogP contribution is 2.29. The van der Waals surface area contributed by atoms with Gasteiger partial charge >= 0.3 is 12.0 Å². The van der Waals surface area contributed by atoms with E-state index in [9.17, 15) is 9.59 Å². The number of carboxylic acid groups (broad SMARTS) is 1. The van der Waals surface area contributed by atoms with Gasteiger partial charge in [0, 0.05) is 30.7 Å². The van der Waals surface area contributed by atoms with E-state index in [1.54, 1.807) is 4.90 Å². The molecule has 0 saturated carbocycles. The van der Waals surface area contributed by atoms with Crippen molar-refractivity contribution in [3.8, 4) is 0 Å². The molecule has 0 aliphatic carbocycles. The summed E-state index contributed by atoms with van der Waals surface area (Å²) < 4.78 is 4.79. The Morgan fingerprint density at radius 1 is 1.56 bits per heavy atom. The summed E-state index contributed by atoms with van der Waals surface area (Å²) in [6, 6.07) is -1.34. The lowest BCUT2D eigenvalue weighted by Crippen LogP contribution is -2.54. The second-order valence-corrected chi connectivity index (χ2v) is 6.63. The van der Waals surface area contributed by atoms with Crippen LogP contribution in [0.4, 0.5) is 4.79 Å². The number of nitrogens with zero attached hydrogens (tertiary/aromatic N) is 1. The predicted molar refractivity (Wildman–Crippen MR) is 69.9 cm³/mol. The van der Waals surface area contributed by atoms with Gasteiger partial charge in [0.15, 0.2) is 6.04 Å². The molecule has 2 N–H and O–H groups in total. The molecule has 2 amide bonds. The molecule has 0 bridgehead atoms. The molecule has 1 aliphatic rings. The van der Waals surface area contributed by atoms with Crippen LogP contribution in [-0.4, -0.2) is 65.4 Å². The van der Waals surface area contributed by atoms with E-state index in [-0.39, 0.29) is 17.4 Å². The minimum absolute atomic E-state index is 0.00949. The Morgan fingerprint density at radius 3 is 2.72 bits per heavy atom. The maximum absolute atomic E-state index is 12.0. The van der Waals surface area contributed by atoms with Crippen molar-refractivity contribution in [2.24, 2.45) is 0 Å². The zero-order chi connectivity index (χ0) is 13.8. The Morgan fingerprint density at radius 2 is 2.22 bits per heavy atom. The molecule has 18 heavy (non-hydrogen) atoms. The van der Waals surface area contributed by atoms with E-state index >= 15 is 0 Å². The van der Waals surface area contributed by atoms with Gasteiger partial charge in [0.25, 0.3) is 0 Å². The minimum Gasteiger partial charge on any atom is -0.480 e. The van der Waals surface area contributed by atoms with Crippen LogP contribution in [0.5, 0.6) is 0 Å². The summed E-state index contributed by atoms with van der Waals surface area (Å²) in [4.78, 5) is 24.5. The van der Waals surface area contributed by atoms with Crippen LogP contribution in [0.15, 0.2) is 0 Å². The van der Waals surface area contributed by atoms with Crippen LogP contribution in [0.25, 0.3) is 0 Å². The molecule has 1 heterocycles. The van der Waals surface area contributed by atoms with Gasteiger partial charge in [-0.2, -0.15) is 11.8 Å². The van der Waals surface area contributed by atoms with Crippen molar-refractivity contribution in [3.05, 3.63) is 0 Å². The van der Waals surface area contributed by atoms with Crippen LogP contribution in [-0.2, 0) is 9.53 Å². The van der Waals surface area contributed by atoms with Crippen LogP contribution >= 0.6 is 11.8 Å². The molecule has 104 valence electrons. The number of thioether (sulfide) groups is 1. The highest BCUT2D eigenvalue weighted by atomic mass is 32.2. The first-order chi connectivity index (χ1) is 8.35. The monoisotopic (exact) mass is 276 g/mol. The minimum atomic E-state index is -1.09. The van der Waals surface area contributed by atoms with Crippen molar-refractivity contribution in [1.82, 2.24) is 10.2 Å². The molecule has 0 aromatic carbocycles. The number of urea groups is 1. The summed E-state index contributed by atoms with van der Waals surface area (Å²) in [7, 11) is 1.41. The molecule has 1 fully saturated rings. The lowest BCUT2D eigenvalue weighted by molar-refractivity contribution is -0.140. The smallest absolute Gasteiger partial charge is 0.328 e. The third-order valence-electron chi connectivity index (χ3n) is 2.64. The van der Waals surface area contributed by atoms with Gasteiger partial charge < -0.3 is 20.1 Å². The number of methoxy groups -OCH3 is 1. The predicted octanol–water partition coefficient (Wildman–Crippen LogP) is 0.623. The number of carbonyl (C=O) groups is 2. The van der Waals surface area contributed by atoms with Crippen LogP contribution in [0.1, 0.15) is 13.8 Å². The standard InChI is InChI=1S/C11H20N2O4S/c1-11(2)7-13(4-5-18-11)10(16)12-8(6-17-3)9(14)15/h8H,4-7H2,1-3H3,(H,12,16)(H,14,15). The summed E-state index contributed by atoms with van der Waals surface area (Å²) in [6.07, 6.45) is 0. The van der Waals surface area contributed by atoms with Crippen molar-refractivity contribution >= 4 is 23.8 Å². The van der Waals surface area contributed by atoms with Crippen molar-refractivity contribution in [2.75, 3.05) is 32.6 Å². The van der Waals surface area contributed by atoms with Crippen molar-refractivity contribution in [3.63, 3.8) is 0 Å². The normalized spacial score (nSPS) is 20.3. The topological polar surface area (TPSA) is 78.9 Å². The average Bonchev–Trinajstić information content (AvgIpc) is 2.26. The fourth-order valence-corrected chi connectivity index (χ4v) is 2.88. The zero-order valence-corrected chi connectivity index (χ0v) is 11.7.